The van der Waals surface area contributed by atoms with Crippen LogP contribution in [0.2, 0.25) is 0 Å². The van der Waals surface area contributed by atoms with Crippen molar-refractivity contribution in [2.75, 3.05) is 11.6 Å². The molecule has 8 heteroatoms. The van der Waals surface area contributed by atoms with Gasteiger partial charge in [-0.3, -0.25) is 4.79 Å². The third-order valence-electron chi connectivity index (χ3n) is 2.80. The number of carbonyl (C=O) groups excluding carboxylic acids is 1. The van der Waals surface area contributed by atoms with E-state index in [0.29, 0.717) is 10.7 Å². The van der Waals surface area contributed by atoms with E-state index in [4.69, 9.17) is 0 Å². The van der Waals surface area contributed by atoms with Gasteiger partial charge in [0.25, 0.3) is 0 Å². The number of nitrogens with zero attached hydrogens (tertiary/aromatic N) is 1. The summed E-state index contributed by atoms with van der Waals surface area (Å²) in [5, 5.41) is 3.08. The highest BCUT2D eigenvalue weighted by atomic mass is 32.2. The van der Waals surface area contributed by atoms with Gasteiger partial charge in [0, 0.05) is 0 Å². The highest BCUT2D eigenvalue weighted by Gasteiger charge is 2.30. The average molecular weight is 346 g/mol. The molecule has 0 aliphatic rings. The Hall–Kier alpha value is -1.54. The normalized spacial score (nSPS) is 11.5. The summed E-state index contributed by atoms with van der Waals surface area (Å²) < 4.78 is 38.9. The summed E-state index contributed by atoms with van der Waals surface area (Å²) in [4.78, 5) is 16.1. The minimum absolute atomic E-state index is 0.128. The van der Waals surface area contributed by atoms with Crippen molar-refractivity contribution in [2.45, 2.75) is 23.7 Å². The van der Waals surface area contributed by atoms with Crippen LogP contribution in [0.4, 0.5) is 18.3 Å². The average Bonchev–Trinajstić information content (AvgIpc) is 2.77. The lowest BCUT2D eigenvalue weighted by Gasteiger charge is -2.08. The molecule has 1 aromatic heterocycles. The molecule has 1 aromatic carbocycles. The number of rotatable bonds is 4. The lowest BCUT2D eigenvalue weighted by molar-refractivity contribution is -0.137. The summed E-state index contributed by atoms with van der Waals surface area (Å²) in [6.45, 7) is 1.84. The van der Waals surface area contributed by atoms with E-state index >= 15 is 0 Å². The number of thioether (sulfide) groups is 1. The molecular formula is C14H13F3N2OS2. The first-order chi connectivity index (χ1) is 10.3. The number of hydrogen-bond donors (Lipinski definition) is 1. The van der Waals surface area contributed by atoms with Crippen molar-refractivity contribution < 1.29 is 18.0 Å². The number of nitrogens with one attached hydrogen (secondary N) is 1. The Morgan fingerprint density at radius 1 is 1.41 bits per heavy atom. The number of carbonyl (C=O) groups is 1. The van der Waals surface area contributed by atoms with Gasteiger partial charge < -0.3 is 5.32 Å². The molecule has 22 heavy (non-hydrogen) atoms. The molecule has 2 aromatic rings. The van der Waals surface area contributed by atoms with Gasteiger partial charge in [0.2, 0.25) is 5.91 Å². The number of aryl methyl sites for hydroxylation is 1. The largest absolute Gasteiger partial charge is 0.416 e. The molecule has 1 N–H and O–H groups in total. The second-order valence-electron chi connectivity index (χ2n) is 4.52. The summed E-state index contributed by atoms with van der Waals surface area (Å²) in [5.41, 5.74) is 0.380. The van der Waals surface area contributed by atoms with Gasteiger partial charge in [0.15, 0.2) is 5.13 Å². The van der Waals surface area contributed by atoms with E-state index in [9.17, 15) is 18.0 Å². The van der Waals surface area contributed by atoms with E-state index in [0.717, 1.165) is 22.0 Å². The van der Waals surface area contributed by atoms with Crippen LogP contribution in [0.25, 0.3) is 0 Å². The Labute approximate surface area is 134 Å². The molecule has 2 rings (SSSR count). The van der Waals surface area contributed by atoms with Gasteiger partial charge in [0.1, 0.15) is 0 Å². The summed E-state index contributed by atoms with van der Waals surface area (Å²) in [5.74, 6) is -0.388. The maximum Gasteiger partial charge on any atom is 0.416 e. The number of halogens is 3. The van der Waals surface area contributed by atoms with E-state index < -0.39 is 11.7 Å². The fourth-order valence-corrected chi connectivity index (χ4v) is 3.46. The van der Waals surface area contributed by atoms with Crippen LogP contribution in [0, 0.1) is 6.92 Å². The van der Waals surface area contributed by atoms with Crippen molar-refractivity contribution in [3.8, 4) is 0 Å². The molecule has 0 saturated carbocycles. The summed E-state index contributed by atoms with van der Waals surface area (Å²) in [7, 11) is 0. The predicted octanol–water partition coefficient (Wildman–Crippen LogP) is 4.37. The van der Waals surface area contributed by atoms with E-state index in [-0.39, 0.29) is 12.3 Å². The number of alkyl halides is 3. The molecule has 0 saturated heterocycles. The Bertz CT molecular complexity index is 683. The molecule has 0 aliphatic carbocycles. The third-order valence-corrected chi connectivity index (χ3v) is 5.09. The van der Waals surface area contributed by atoms with Crippen molar-refractivity contribution in [3.63, 3.8) is 0 Å². The first-order valence-electron chi connectivity index (χ1n) is 6.27. The molecular weight excluding hydrogens is 333 g/mol. The van der Waals surface area contributed by atoms with E-state index in [1.165, 1.54) is 35.2 Å². The number of hydrogen-bond acceptors (Lipinski definition) is 4. The molecule has 0 spiro atoms. The molecule has 3 nitrogen and oxygen atoms in total. The standard InChI is InChI=1S/C14H13F3N2OS2/c1-8-12(21-2)22-13(18-8)19-11(20)7-9-4-3-5-10(6-9)14(15,16)17/h3-6H,7H2,1-2H3,(H,18,19,20). The predicted molar refractivity (Wildman–Crippen MR) is 82.4 cm³/mol. The molecule has 1 heterocycles. The van der Waals surface area contributed by atoms with Crippen LogP contribution < -0.4 is 5.32 Å². The van der Waals surface area contributed by atoms with Crippen LogP contribution in [0.5, 0.6) is 0 Å². The maximum atomic E-state index is 12.6. The molecule has 0 unspecified atom stereocenters. The monoisotopic (exact) mass is 346 g/mol. The molecule has 1 amide bonds. The van der Waals surface area contributed by atoms with Crippen LogP contribution in [0.3, 0.4) is 0 Å². The molecule has 0 bridgehead atoms. The zero-order chi connectivity index (χ0) is 16.3. The van der Waals surface area contributed by atoms with Crippen LogP contribution >= 0.6 is 23.1 Å². The number of thiazole rings is 1. The van der Waals surface area contributed by atoms with Crippen LogP contribution in [0.15, 0.2) is 28.5 Å². The highest BCUT2D eigenvalue weighted by molar-refractivity contribution is 8.00. The Morgan fingerprint density at radius 2 is 2.14 bits per heavy atom. The molecule has 0 radical (unpaired) electrons. The van der Waals surface area contributed by atoms with E-state index in [1.807, 2.05) is 13.2 Å². The second-order valence-corrected chi connectivity index (χ2v) is 6.59. The first-order valence-corrected chi connectivity index (χ1v) is 8.31. The fraction of sp³-hybridized carbons (Fsp3) is 0.286. The SMILES string of the molecule is CSc1sc(NC(=O)Cc2cccc(C(F)(F)F)c2)nc1C. The molecule has 0 aliphatic heterocycles. The third kappa shape index (κ3) is 4.23. The van der Waals surface area contributed by atoms with Crippen LogP contribution in [-0.2, 0) is 17.4 Å². The van der Waals surface area contributed by atoms with Crippen molar-refractivity contribution in [1.29, 1.82) is 0 Å². The number of anilines is 1. The van der Waals surface area contributed by atoms with Crippen molar-refractivity contribution in [3.05, 3.63) is 41.1 Å². The quantitative estimate of drug-likeness (QED) is 0.836. The molecule has 118 valence electrons. The highest BCUT2D eigenvalue weighted by Crippen LogP contribution is 2.31. The van der Waals surface area contributed by atoms with E-state index in [1.54, 1.807) is 0 Å². The van der Waals surface area contributed by atoms with Gasteiger partial charge in [-0.05, 0) is 24.8 Å². The Kier molecular flexibility index (Phi) is 5.12. The summed E-state index contributed by atoms with van der Waals surface area (Å²) in [6.07, 6.45) is -2.63. The first kappa shape index (κ1) is 16.8. The minimum Gasteiger partial charge on any atom is -0.302 e. The van der Waals surface area contributed by atoms with Crippen molar-refractivity contribution in [1.82, 2.24) is 4.98 Å². The van der Waals surface area contributed by atoms with Gasteiger partial charge in [-0.2, -0.15) is 13.2 Å². The fourth-order valence-electron chi connectivity index (χ4n) is 1.83. The van der Waals surface area contributed by atoms with Gasteiger partial charge in [-0.15, -0.1) is 11.8 Å². The smallest absolute Gasteiger partial charge is 0.302 e. The van der Waals surface area contributed by atoms with Gasteiger partial charge in [0.05, 0.1) is 21.9 Å². The zero-order valence-electron chi connectivity index (χ0n) is 11.8. The minimum atomic E-state index is -4.41. The lowest BCUT2D eigenvalue weighted by atomic mass is 10.1. The number of benzene rings is 1. The number of aromatic nitrogens is 1. The van der Waals surface area contributed by atoms with Crippen molar-refractivity contribution in [2.24, 2.45) is 0 Å². The van der Waals surface area contributed by atoms with Gasteiger partial charge >= 0.3 is 6.18 Å². The Morgan fingerprint density at radius 3 is 2.73 bits per heavy atom. The molecule has 0 atom stereocenters. The Balaban J connectivity index is 2.05. The van der Waals surface area contributed by atoms with Crippen LogP contribution in [0.1, 0.15) is 16.8 Å². The summed E-state index contributed by atoms with van der Waals surface area (Å²) in [6, 6.07) is 4.76. The van der Waals surface area contributed by atoms with Gasteiger partial charge in [-0.1, -0.05) is 29.5 Å². The zero-order valence-corrected chi connectivity index (χ0v) is 13.5. The van der Waals surface area contributed by atoms with Crippen LogP contribution in [-0.4, -0.2) is 17.1 Å². The second kappa shape index (κ2) is 6.70. The lowest BCUT2D eigenvalue weighted by Crippen LogP contribution is -2.15. The topological polar surface area (TPSA) is 42.0 Å². The summed E-state index contributed by atoms with van der Waals surface area (Å²) >= 11 is 2.88. The van der Waals surface area contributed by atoms with Gasteiger partial charge in [-0.25, -0.2) is 4.98 Å². The molecule has 0 fully saturated rings. The maximum absolute atomic E-state index is 12.6. The van der Waals surface area contributed by atoms with E-state index in [2.05, 4.69) is 10.3 Å². The van der Waals surface area contributed by atoms with Crippen molar-refractivity contribution >= 4 is 34.1 Å². The number of amides is 1.